The van der Waals surface area contributed by atoms with Crippen LogP contribution in [0.25, 0.3) is 11.0 Å². The van der Waals surface area contributed by atoms with E-state index in [0.29, 0.717) is 49.5 Å². The molecule has 15 nitrogen and oxygen atoms in total. The summed E-state index contributed by atoms with van der Waals surface area (Å²) in [5, 5.41) is 26.4. The summed E-state index contributed by atoms with van der Waals surface area (Å²) in [5.74, 6) is 0.829. The van der Waals surface area contributed by atoms with Crippen molar-refractivity contribution in [2.75, 3.05) is 49.5 Å². The number of fused-ring (bicyclic) bond motifs is 1. The van der Waals surface area contributed by atoms with Crippen molar-refractivity contribution in [3.8, 4) is 17.4 Å². The van der Waals surface area contributed by atoms with Gasteiger partial charge in [-0.25, -0.2) is 13.1 Å². The van der Waals surface area contributed by atoms with Crippen LogP contribution in [0.1, 0.15) is 119 Å². The lowest BCUT2D eigenvalue weighted by Gasteiger charge is -2.57. The summed E-state index contributed by atoms with van der Waals surface area (Å²) in [6.07, 6.45) is 10.3. The van der Waals surface area contributed by atoms with Gasteiger partial charge in [0.1, 0.15) is 17.1 Å². The number of anilines is 2. The zero-order valence-corrected chi connectivity index (χ0v) is 39.7. The molecule has 67 heavy (non-hydrogen) atoms. The van der Waals surface area contributed by atoms with Gasteiger partial charge in [-0.2, -0.15) is 4.98 Å². The number of H-pyrrole nitrogens is 1. The number of likely N-dealkylation sites (tertiary alicyclic amines) is 1. The third-order valence-electron chi connectivity index (χ3n) is 14.9. The smallest absolute Gasteiger partial charge is 0.293 e. The van der Waals surface area contributed by atoms with Gasteiger partial charge < -0.3 is 29.8 Å². The van der Waals surface area contributed by atoms with Crippen LogP contribution in [-0.4, -0.2) is 90.2 Å². The van der Waals surface area contributed by atoms with Gasteiger partial charge in [-0.05, 0) is 136 Å². The highest BCUT2D eigenvalue weighted by molar-refractivity contribution is 7.90. The number of nitrogens with one attached hydrogen (secondary N) is 3. The molecule has 2 saturated heterocycles. The minimum absolute atomic E-state index is 0.0588. The highest BCUT2D eigenvalue weighted by Crippen LogP contribution is 2.49. The standard InChI is InChI=1S/C51H63N7O8S/c1-5-65-49-46(27-35-19-24-52-47(35)54-49)66-45-28-36(56-25-22-51(23-26-56)31-57(32-51)43-12-8-11-40(43)39-10-7-6-9-38(39)33(2)3)13-15-41(45)48(59)55-67(63,64)37-14-16-42(44(29-37)58(61)62)53-30-34-17-20-50(4,60)21-18-34/h6-7,9-10,13-16,19,24,27-29,33-34,40,43,53,60H,5,8,11-12,17-18,20-23,25-26,30-32H2,1-4H3,(H,52,54)(H,55,59)/t34?,40-,43-,50?/m1/s1. The van der Waals surface area contributed by atoms with Gasteiger partial charge in [0.05, 0.1) is 27.6 Å². The number of hydrogen-bond acceptors (Lipinski definition) is 12. The van der Waals surface area contributed by atoms with Gasteiger partial charge in [-0.1, -0.05) is 44.5 Å². The van der Waals surface area contributed by atoms with E-state index in [0.717, 1.165) is 69.0 Å². The molecule has 4 aliphatic rings. The summed E-state index contributed by atoms with van der Waals surface area (Å²) in [6.45, 7) is 12.8. The third kappa shape index (κ3) is 9.84. The Hall–Kier alpha value is -5.71. The fourth-order valence-electron chi connectivity index (χ4n) is 11.0. The van der Waals surface area contributed by atoms with Gasteiger partial charge in [0, 0.05) is 68.2 Å². The number of pyridine rings is 1. The molecular formula is C51H63N7O8S. The predicted octanol–water partition coefficient (Wildman–Crippen LogP) is 9.50. The second-order valence-corrected chi connectivity index (χ2v) is 21.6. The van der Waals surface area contributed by atoms with Crippen LogP contribution < -0.4 is 24.4 Å². The maximum Gasteiger partial charge on any atom is 0.293 e. The van der Waals surface area contributed by atoms with Crippen LogP contribution in [0, 0.1) is 21.4 Å². The molecule has 356 valence electrons. The fourth-order valence-corrected chi connectivity index (χ4v) is 12.0. The molecule has 2 aromatic heterocycles. The van der Waals surface area contributed by atoms with Gasteiger partial charge in [-0.3, -0.25) is 19.8 Å². The van der Waals surface area contributed by atoms with Gasteiger partial charge in [-0.15, -0.1) is 0 Å². The van der Waals surface area contributed by atoms with Crippen molar-refractivity contribution >= 4 is 44.0 Å². The monoisotopic (exact) mass is 933 g/mol. The number of aromatic nitrogens is 2. The number of carbonyl (C=O) groups is 1. The molecule has 4 fully saturated rings. The third-order valence-corrected chi connectivity index (χ3v) is 16.2. The minimum Gasteiger partial charge on any atom is -0.475 e. The lowest BCUT2D eigenvalue weighted by molar-refractivity contribution is -0.384. The number of rotatable bonds is 15. The first-order valence-corrected chi connectivity index (χ1v) is 25.4. The Kier molecular flexibility index (Phi) is 13.0. The molecule has 0 unspecified atom stereocenters. The number of carbonyl (C=O) groups excluding carboxylic acids is 1. The van der Waals surface area contributed by atoms with E-state index in [1.54, 1.807) is 24.4 Å². The van der Waals surface area contributed by atoms with E-state index in [1.165, 1.54) is 42.5 Å². The molecule has 1 amide bonds. The van der Waals surface area contributed by atoms with Crippen molar-refractivity contribution < 1.29 is 32.7 Å². The molecule has 2 aliphatic carbocycles. The Morgan fingerprint density at radius 1 is 0.985 bits per heavy atom. The first-order chi connectivity index (χ1) is 32.1. The van der Waals surface area contributed by atoms with Crippen molar-refractivity contribution in [2.24, 2.45) is 11.3 Å². The topological polar surface area (TPSA) is 192 Å². The van der Waals surface area contributed by atoms with Gasteiger partial charge in [0.25, 0.3) is 27.5 Å². The predicted molar refractivity (Wildman–Crippen MR) is 259 cm³/mol. The molecule has 2 aliphatic heterocycles. The van der Waals surface area contributed by atoms with Crippen molar-refractivity contribution in [3.63, 3.8) is 0 Å². The molecule has 9 rings (SSSR count). The molecule has 0 radical (unpaired) electrons. The quantitative estimate of drug-likeness (QED) is 0.0575. The van der Waals surface area contributed by atoms with Crippen molar-refractivity contribution in [2.45, 2.75) is 114 Å². The maximum absolute atomic E-state index is 14.2. The second kappa shape index (κ2) is 18.8. The van der Waals surface area contributed by atoms with E-state index in [4.69, 9.17) is 9.47 Å². The number of sulfonamides is 1. The zero-order valence-electron chi connectivity index (χ0n) is 38.9. The SMILES string of the molecule is CCOc1nc2[nH]ccc2cc1Oc1cc(N2CCC3(CC2)CN([C@@H]2CCC[C@@H]2c2ccccc2C(C)C)C3)ccc1C(=O)NS(=O)(=O)c1ccc(NCC2CCC(C)(O)CC2)c([N+](=O)[O-])c1. The summed E-state index contributed by atoms with van der Waals surface area (Å²) < 4.78 is 42.2. The number of amides is 1. The van der Waals surface area contributed by atoms with E-state index in [9.17, 15) is 28.4 Å². The largest absolute Gasteiger partial charge is 0.475 e. The highest BCUT2D eigenvalue weighted by Gasteiger charge is 2.49. The van der Waals surface area contributed by atoms with Gasteiger partial charge >= 0.3 is 0 Å². The zero-order chi connectivity index (χ0) is 47.1. The molecule has 1 spiro atoms. The normalized spacial score (nSPS) is 23.0. The Morgan fingerprint density at radius 2 is 1.75 bits per heavy atom. The molecule has 3 aromatic carbocycles. The van der Waals surface area contributed by atoms with E-state index in [-0.39, 0.29) is 40.0 Å². The number of piperidine rings is 1. The summed E-state index contributed by atoms with van der Waals surface area (Å²) in [6, 6.07) is 21.8. The van der Waals surface area contributed by atoms with Crippen molar-refractivity contribution in [1.29, 1.82) is 0 Å². The number of ether oxygens (including phenoxy) is 2. The maximum atomic E-state index is 14.2. The highest BCUT2D eigenvalue weighted by atomic mass is 32.2. The Morgan fingerprint density at radius 3 is 2.48 bits per heavy atom. The Balaban J connectivity index is 0.925. The Labute approximate surface area is 392 Å². The minimum atomic E-state index is -4.60. The van der Waals surface area contributed by atoms with E-state index >= 15 is 0 Å². The number of aromatic amines is 1. The summed E-state index contributed by atoms with van der Waals surface area (Å²) >= 11 is 0. The Bertz CT molecular complexity index is 2730. The van der Waals surface area contributed by atoms with Gasteiger partial charge in [0.15, 0.2) is 5.75 Å². The number of aliphatic hydroxyl groups is 1. The van der Waals surface area contributed by atoms with Gasteiger partial charge in [0.2, 0.25) is 0 Å². The van der Waals surface area contributed by atoms with Crippen molar-refractivity contribution in [3.05, 3.63) is 106 Å². The van der Waals surface area contributed by atoms with E-state index in [1.807, 2.05) is 26.0 Å². The van der Waals surface area contributed by atoms with Crippen LogP contribution in [-0.2, 0) is 10.0 Å². The second-order valence-electron chi connectivity index (χ2n) is 19.9. The molecule has 0 bridgehead atoms. The number of benzene rings is 3. The van der Waals surface area contributed by atoms with Crippen LogP contribution in [0.3, 0.4) is 0 Å². The molecule has 2 atom stereocenters. The summed E-state index contributed by atoms with van der Waals surface area (Å²) in [4.78, 5) is 38.0. The van der Waals surface area contributed by atoms with E-state index in [2.05, 4.69) is 67.9 Å². The first-order valence-electron chi connectivity index (χ1n) is 23.9. The molecular weight excluding hydrogens is 871 g/mol. The molecule has 5 aromatic rings. The molecule has 4 N–H and O–H groups in total. The van der Waals surface area contributed by atoms with Crippen molar-refractivity contribution in [1.82, 2.24) is 19.6 Å². The fraction of sp³-hybridized carbons (Fsp3) is 0.490. The van der Waals surface area contributed by atoms with Crippen LogP contribution >= 0.6 is 0 Å². The lowest BCUT2D eigenvalue weighted by atomic mass is 9.70. The average Bonchev–Trinajstić information content (AvgIpc) is 3.98. The average molecular weight is 934 g/mol. The number of nitro benzene ring substituents is 1. The molecule has 2 saturated carbocycles. The molecule has 16 heteroatoms. The van der Waals surface area contributed by atoms with Crippen LogP contribution in [0.2, 0.25) is 0 Å². The summed E-state index contributed by atoms with van der Waals surface area (Å²) in [5.41, 5.74) is 3.62. The lowest BCUT2D eigenvalue weighted by Crippen LogP contribution is -2.63. The van der Waals surface area contributed by atoms with Crippen LogP contribution in [0.5, 0.6) is 17.4 Å². The van der Waals surface area contributed by atoms with Crippen LogP contribution in [0.15, 0.2) is 83.9 Å². The molecule has 4 heterocycles. The summed E-state index contributed by atoms with van der Waals surface area (Å²) in [7, 11) is -4.60. The number of nitro groups is 1. The first kappa shape index (κ1) is 46.4. The number of nitrogens with zero attached hydrogens (tertiary/aromatic N) is 4. The van der Waals surface area contributed by atoms with E-state index < -0.39 is 37.0 Å². The number of hydrogen-bond donors (Lipinski definition) is 4. The van der Waals surface area contributed by atoms with Crippen LogP contribution in [0.4, 0.5) is 17.1 Å².